The molecular weight excluding hydrogens is 484 g/mol. The van der Waals surface area contributed by atoms with E-state index in [-0.39, 0.29) is 24.0 Å². The van der Waals surface area contributed by atoms with Gasteiger partial charge in [0.15, 0.2) is 11.7 Å². The Balaban J connectivity index is 0.00000312. The van der Waals surface area contributed by atoms with Crippen molar-refractivity contribution in [3.05, 3.63) is 38.0 Å². The van der Waals surface area contributed by atoms with Crippen LogP contribution in [0.25, 0.3) is 0 Å². The SMILES string of the molecule is CCNC(=NCc1sccc1C)NCCc1nc(C(F)(F)F)cs1.I. The second-order valence-electron chi connectivity index (χ2n) is 5.02. The summed E-state index contributed by atoms with van der Waals surface area (Å²) in [6.07, 6.45) is -3.96. The summed E-state index contributed by atoms with van der Waals surface area (Å²) in [4.78, 5) is 9.31. The average molecular weight is 504 g/mol. The van der Waals surface area contributed by atoms with Gasteiger partial charge in [-0.3, -0.25) is 0 Å². The van der Waals surface area contributed by atoms with Gasteiger partial charge in [-0.2, -0.15) is 13.2 Å². The van der Waals surface area contributed by atoms with Crippen LogP contribution in [-0.4, -0.2) is 24.0 Å². The number of thiazole rings is 1. The van der Waals surface area contributed by atoms with Crippen LogP contribution in [0, 0.1) is 6.92 Å². The van der Waals surface area contributed by atoms with Gasteiger partial charge in [-0.25, -0.2) is 9.98 Å². The van der Waals surface area contributed by atoms with Gasteiger partial charge in [0.05, 0.1) is 11.6 Å². The highest BCUT2D eigenvalue weighted by atomic mass is 127. The predicted molar refractivity (Wildman–Crippen MR) is 108 cm³/mol. The van der Waals surface area contributed by atoms with Crippen molar-refractivity contribution in [2.45, 2.75) is 33.0 Å². The topological polar surface area (TPSA) is 49.3 Å². The van der Waals surface area contributed by atoms with E-state index >= 15 is 0 Å². The molecule has 2 rings (SSSR count). The quantitative estimate of drug-likeness (QED) is 0.348. The van der Waals surface area contributed by atoms with Crippen LogP contribution in [0.3, 0.4) is 0 Å². The number of halogens is 4. The lowest BCUT2D eigenvalue weighted by Crippen LogP contribution is -2.38. The number of guanidine groups is 1. The van der Waals surface area contributed by atoms with E-state index in [1.807, 2.05) is 19.2 Å². The molecule has 0 amide bonds. The number of thiophene rings is 1. The van der Waals surface area contributed by atoms with Gasteiger partial charge in [-0.1, -0.05) is 0 Å². The molecule has 2 heterocycles. The minimum absolute atomic E-state index is 0. The van der Waals surface area contributed by atoms with E-state index < -0.39 is 11.9 Å². The summed E-state index contributed by atoms with van der Waals surface area (Å²) in [6, 6.07) is 2.05. The lowest BCUT2D eigenvalue weighted by molar-refractivity contribution is -0.140. The van der Waals surface area contributed by atoms with Gasteiger partial charge >= 0.3 is 6.18 Å². The molecule has 0 atom stereocenters. The van der Waals surface area contributed by atoms with E-state index in [9.17, 15) is 13.2 Å². The zero-order valence-corrected chi connectivity index (χ0v) is 17.8. The summed E-state index contributed by atoms with van der Waals surface area (Å²) < 4.78 is 37.6. The maximum Gasteiger partial charge on any atom is 0.434 e. The number of aryl methyl sites for hydroxylation is 1. The predicted octanol–water partition coefficient (Wildman–Crippen LogP) is 4.45. The first-order valence-corrected chi connectivity index (χ1v) is 9.22. The molecule has 0 aliphatic carbocycles. The number of aromatic nitrogens is 1. The van der Waals surface area contributed by atoms with Crippen LogP contribution in [0.5, 0.6) is 0 Å². The van der Waals surface area contributed by atoms with E-state index in [0.29, 0.717) is 37.0 Å². The Morgan fingerprint density at radius 3 is 2.60 bits per heavy atom. The van der Waals surface area contributed by atoms with Gasteiger partial charge in [-0.05, 0) is 30.9 Å². The maximum absolute atomic E-state index is 12.5. The van der Waals surface area contributed by atoms with Crippen molar-refractivity contribution in [2.24, 2.45) is 4.99 Å². The monoisotopic (exact) mass is 504 g/mol. The largest absolute Gasteiger partial charge is 0.434 e. The molecule has 140 valence electrons. The summed E-state index contributed by atoms with van der Waals surface area (Å²) in [6.45, 7) is 5.77. The summed E-state index contributed by atoms with van der Waals surface area (Å²) in [5.41, 5.74) is 0.387. The minimum atomic E-state index is -4.38. The molecule has 0 unspecified atom stereocenters. The number of hydrogen-bond acceptors (Lipinski definition) is 4. The summed E-state index contributed by atoms with van der Waals surface area (Å²) in [7, 11) is 0. The first kappa shape index (κ1) is 22.2. The third kappa shape index (κ3) is 7.10. The van der Waals surface area contributed by atoms with Crippen LogP contribution in [0.2, 0.25) is 0 Å². The Hall–Kier alpha value is -0.880. The minimum Gasteiger partial charge on any atom is -0.357 e. The molecule has 0 saturated carbocycles. The number of hydrogen-bond donors (Lipinski definition) is 2. The normalized spacial score (nSPS) is 12.0. The molecule has 0 aromatic carbocycles. The molecule has 4 nitrogen and oxygen atoms in total. The first-order chi connectivity index (χ1) is 11.4. The van der Waals surface area contributed by atoms with Gasteiger partial charge in [0.2, 0.25) is 0 Å². The molecule has 2 aromatic heterocycles. The Kier molecular flexibility index (Phi) is 9.14. The number of nitrogens with zero attached hydrogens (tertiary/aromatic N) is 2. The Bertz CT molecular complexity index is 682. The fraction of sp³-hybridized carbons (Fsp3) is 0.467. The molecule has 0 aliphatic rings. The van der Waals surface area contributed by atoms with Gasteiger partial charge < -0.3 is 10.6 Å². The van der Waals surface area contributed by atoms with Crippen molar-refractivity contribution < 1.29 is 13.2 Å². The second kappa shape index (κ2) is 10.3. The van der Waals surface area contributed by atoms with Gasteiger partial charge in [0.25, 0.3) is 0 Å². The van der Waals surface area contributed by atoms with E-state index in [1.165, 1.54) is 10.4 Å². The van der Waals surface area contributed by atoms with Gasteiger partial charge in [0, 0.05) is 29.8 Å². The highest BCUT2D eigenvalue weighted by Crippen LogP contribution is 2.30. The number of alkyl halides is 3. The van der Waals surface area contributed by atoms with E-state index in [4.69, 9.17) is 0 Å². The van der Waals surface area contributed by atoms with Crippen LogP contribution in [-0.2, 0) is 19.1 Å². The van der Waals surface area contributed by atoms with Crippen molar-refractivity contribution in [1.29, 1.82) is 0 Å². The Morgan fingerprint density at radius 2 is 2.04 bits per heavy atom. The van der Waals surface area contributed by atoms with E-state index in [2.05, 4.69) is 26.7 Å². The smallest absolute Gasteiger partial charge is 0.357 e. The molecule has 0 radical (unpaired) electrons. The van der Waals surface area contributed by atoms with Crippen molar-refractivity contribution in [3.8, 4) is 0 Å². The summed E-state index contributed by atoms with van der Waals surface area (Å²) in [5, 5.41) is 9.79. The molecule has 0 saturated heterocycles. The summed E-state index contributed by atoms with van der Waals surface area (Å²) >= 11 is 2.68. The lowest BCUT2D eigenvalue weighted by Gasteiger charge is -2.10. The van der Waals surface area contributed by atoms with Gasteiger partial charge in [-0.15, -0.1) is 46.7 Å². The Labute approximate surface area is 170 Å². The third-order valence-corrected chi connectivity index (χ3v) is 5.08. The molecule has 0 bridgehead atoms. The van der Waals surface area contributed by atoms with Crippen molar-refractivity contribution in [3.63, 3.8) is 0 Å². The molecule has 25 heavy (non-hydrogen) atoms. The van der Waals surface area contributed by atoms with Crippen LogP contribution < -0.4 is 10.6 Å². The van der Waals surface area contributed by atoms with Crippen LogP contribution in [0.15, 0.2) is 21.8 Å². The first-order valence-electron chi connectivity index (χ1n) is 7.47. The fourth-order valence-corrected chi connectivity index (χ4v) is 3.54. The van der Waals surface area contributed by atoms with E-state index in [0.717, 1.165) is 16.7 Å². The van der Waals surface area contributed by atoms with Gasteiger partial charge in [0.1, 0.15) is 0 Å². The fourth-order valence-electron chi connectivity index (χ4n) is 1.90. The molecule has 0 fully saturated rings. The van der Waals surface area contributed by atoms with Crippen LogP contribution >= 0.6 is 46.7 Å². The van der Waals surface area contributed by atoms with E-state index in [1.54, 1.807) is 11.3 Å². The molecule has 10 heteroatoms. The van der Waals surface area contributed by atoms with Crippen molar-refractivity contribution in [1.82, 2.24) is 15.6 Å². The van der Waals surface area contributed by atoms with Crippen LogP contribution in [0.4, 0.5) is 13.2 Å². The molecular formula is C15H20F3IN4S2. The number of rotatable bonds is 6. The second-order valence-corrected chi connectivity index (χ2v) is 6.97. The summed E-state index contributed by atoms with van der Waals surface area (Å²) in [5.74, 6) is 0.651. The molecule has 2 aromatic rings. The average Bonchev–Trinajstić information content (AvgIpc) is 3.13. The Morgan fingerprint density at radius 1 is 1.28 bits per heavy atom. The highest BCUT2D eigenvalue weighted by Gasteiger charge is 2.33. The molecule has 0 aliphatic heterocycles. The molecule has 2 N–H and O–H groups in total. The lowest BCUT2D eigenvalue weighted by atomic mass is 10.3. The van der Waals surface area contributed by atoms with Crippen molar-refractivity contribution >= 4 is 52.6 Å². The standard InChI is InChI=1S/C15H19F3N4S2.HI/c1-3-19-14(21-8-11-10(2)5-7-23-11)20-6-4-13-22-12(9-24-13)15(16,17)18;/h5,7,9H,3-4,6,8H2,1-2H3,(H2,19,20,21);1H. The maximum atomic E-state index is 12.5. The van der Waals surface area contributed by atoms with Crippen molar-refractivity contribution in [2.75, 3.05) is 13.1 Å². The zero-order chi connectivity index (χ0) is 17.6. The van der Waals surface area contributed by atoms with Crippen LogP contribution in [0.1, 0.15) is 28.1 Å². The molecule has 0 spiro atoms. The highest BCUT2D eigenvalue weighted by molar-refractivity contribution is 14.0. The number of aliphatic imine (C=N–C) groups is 1. The zero-order valence-electron chi connectivity index (χ0n) is 13.8. The third-order valence-electron chi connectivity index (χ3n) is 3.17. The number of nitrogens with one attached hydrogen (secondary N) is 2.